The van der Waals surface area contributed by atoms with Crippen molar-refractivity contribution in [3.63, 3.8) is 0 Å². The van der Waals surface area contributed by atoms with Crippen LogP contribution in [0.2, 0.25) is 0 Å². The molecular formula is C18H32N2O. The third-order valence-corrected chi connectivity index (χ3v) is 6.81. The van der Waals surface area contributed by atoms with E-state index in [2.05, 4.69) is 17.1 Å². The molecule has 0 aromatic heterocycles. The number of piperazine rings is 1. The summed E-state index contributed by atoms with van der Waals surface area (Å²) < 4.78 is 5.64. The van der Waals surface area contributed by atoms with Crippen LogP contribution in [0, 0.1) is 11.8 Å². The molecule has 2 atom stereocenters. The summed E-state index contributed by atoms with van der Waals surface area (Å²) in [5.74, 6) is 1.72. The van der Waals surface area contributed by atoms with Gasteiger partial charge < -0.3 is 10.1 Å². The van der Waals surface area contributed by atoms with Crippen LogP contribution in [-0.2, 0) is 4.74 Å². The van der Waals surface area contributed by atoms with Gasteiger partial charge in [0.15, 0.2) is 0 Å². The Morgan fingerprint density at radius 3 is 2.62 bits per heavy atom. The predicted molar refractivity (Wildman–Crippen MR) is 85.4 cm³/mol. The normalized spacial score (nSPS) is 40.7. The number of hydrogen-bond acceptors (Lipinski definition) is 3. The molecule has 2 heterocycles. The highest BCUT2D eigenvalue weighted by atomic mass is 16.5. The maximum atomic E-state index is 5.64. The van der Waals surface area contributed by atoms with E-state index < -0.39 is 0 Å². The van der Waals surface area contributed by atoms with E-state index in [-0.39, 0.29) is 0 Å². The average molecular weight is 292 g/mol. The van der Waals surface area contributed by atoms with Crippen LogP contribution in [0.4, 0.5) is 0 Å². The zero-order chi connectivity index (χ0) is 14.3. The second-order valence-corrected chi connectivity index (χ2v) is 8.44. The summed E-state index contributed by atoms with van der Waals surface area (Å²) in [6, 6.07) is 0. The van der Waals surface area contributed by atoms with Crippen LogP contribution in [0.5, 0.6) is 0 Å². The topological polar surface area (TPSA) is 24.5 Å². The first kappa shape index (κ1) is 14.5. The van der Waals surface area contributed by atoms with Crippen LogP contribution in [0.25, 0.3) is 0 Å². The fourth-order valence-electron chi connectivity index (χ4n) is 5.06. The zero-order valence-electron chi connectivity index (χ0n) is 13.7. The van der Waals surface area contributed by atoms with Crippen molar-refractivity contribution in [3.8, 4) is 0 Å². The molecule has 120 valence electrons. The SMILES string of the molecule is CC1(C2CC2)CNC2(CCCCC2)CN1CC1CCOC1. The fourth-order valence-corrected chi connectivity index (χ4v) is 5.06. The molecule has 2 saturated heterocycles. The Morgan fingerprint density at radius 1 is 1.14 bits per heavy atom. The van der Waals surface area contributed by atoms with Gasteiger partial charge >= 0.3 is 0 Å². The van der Waals surface area contributed by atoms with Gasteiger partial charge in [-0.1, -0.05) is 19.3 Å². The molecule has 3 nitrogen and oxygen atoms in total. The van der Waals surface area contributed by atoms with Crippen molar-refractivity contribution in [3.05, 3.63) is 0 Å². The lowest BCUT2D eigenvalue weighted by Crippen LogP contribution is -2.70. The van der Waals surface area contributed by atoms with Crippen LogP contribution >= 0.6 is 0 Å². The van der Waals surface area contributed by atoms with Crippen LogP contribution in [-0.4, -0.2) is 48.8 Å². The zero-order valence-corrected chi connectivity index (χ0v) is 13.7. The molecule has 4 rings (SSSR count). The van der Waals surface area contributed by atoms with Crippen molar-refractivity contribution in [1.82, 2.24) is 10.2 Å². The summed E-state index contributed by atoms with van der Waals surface area (Å²) >= 11 is 0. The summed E-state index contributed by atoms with van der Waals surface area (Å²) in [4.78, 5) is 2.89. The molecule has 2 aliphatic carbocycles. The first-order chi connectivity index (χ1) is 10.2. The van der Waals surface area contributed by atoms with Gasteiger partial charge in [0.25, 0.3) is 0 Å². The van der Waals surface area contributed by atoms with Crippen molar-refractivity contribution in [2.24, 2.45) is 11.8 Å². The molecule has 1 N–H and O–H groups in total. The first-order valence-electron chi connectivity index (χ1n) is 9.28. The van der Waals surface area contributed by atoms with Crippen molar-refractivity contribution < 1.29 is 4.74 Å². The Morgan fingerprint density at radius 2 is 1.95 bits per heavy atom. The van der Waals surface area contributed by atoms with Crippen molar-refractivity contribution in [1.29, 1.82) is 0 Å². The quantitative estimate of drug-likeness (QED) is 0.865. The molecule has 21 heavy (non-hydrogen) atoms. The summed E-state index contributed by atoms with van der Waals surface area (Å²) in [5.41, 5.74) is 0.845. The highest BCUT2D eigenvalue weighted by molar-refractivity contribution is 5.10. The van der Waals surface area contributed by atoms with Crippen molar-refractivity contribution >= 4 is 0 Å². The van der Waals surface area contributed by atoms with Gasteiger partial charge in [-0.25, -0.2) is 0 Å². The predicted octanol–water partition coefficient (Wildman–Crippen LogP) is 2.80. The van der Waals surface area contributed by atoms with Crippen LogP contribution in [0.1, 0.15) is 58.3 Å². The molecule has 4 aliphatic rings. The van der Waals surface area contributed by atoms with E-state index in [1.54, 1.807) is 0 Å². The Labute approximate surface area is 129 Å². The molecule has 4 fully saturated rings. The minimum Gasteiger partial charge on any atom is -0.381 e. The number of hydrogen-bond donors (Lipinski definition) is 1. The Kier molecular flexibility index (Phi) is 3.79. The summed E-state index contributed by atoms with van der Waals surface area (Å²) in [5, 5.41) is 4.03. The van der Waals surface area contributed by atoms with Gasteiger partial charge in [0, 0.05) is 37.3 Å². The van der Waals surface area contributed by atoms with Gasteiger partial charge in [0.2, 0.25) is 0 Å². The molecule has 0 amide bonds. The summed E-state index contributed by atoms with van der Waals surface area (Å²) in [7, 11) is 0. The Balaban J connectivity index is 1.50. The van der Waals surface area contributed by atoms with Gasteiger partial charge in [-0.05, 0) is 50.9 Å². The third-order valence-electron chi connectivity index (χ3n) is 6.81. The highest BCUT2D eigenvalue weighted by Gasteiger charge is 2.52. The highest BCUT2D eigenvalue weighted by Crippen LogP contribution is 2.46. The number of nitrogens with one attached hydrogen (secondary N) is 1. The molecule has 0 aromatic carbocycles. The summed E-state index contributed by atoms with van der Waals surface area (Å²) in [6.07, 6.45) is 11.3. The summed E-state index contributed by atoms with van der Waals surface area (Å²) in [6.45, 7) is 8.29. The van der Waals surface area contributed by atoms with Gasteiger partial charge in [-0.2, -0.15) is 0 Å². The van der Waals surface area contributed by atoms with Crippen molar-refractivity contribution in [2.45, 2.75) is 69.4 Å². The van der Waals surface area contributed by atoms with Crippen LogP contribution in [0.15, 0.2) is 0 Å². The standard InChI is InChI=1S/C18H32N2O/c1-17(16-5-6-16)13-19-18(8-3-2-4-9-18)14-20(17)11-15-7-10-21-12-15/h15-16,19H,2-14H2,1H3. The molecule has 2 unspecified atom stereocenters. The average Bonchev–Trinajstić information content (AvgIpc) is 3.24. The third kappa shape index (κ3) is 2.77. The van der Waals surface area contributed by atoms with Gasteiger partial charge in [0.05, 0.1) is 6.61 Å². The van der Waals surface area contributed by atoms with E-state index in [9.17, 15) is 0 Å². The fraction of sp³-hybridized carbons (Fsp3) is 1.00. The van der Waals surface area contributed by atoms with E-state index in [0.717, 1.165) is 25.0 Å². The molecule has 3 heteroatoms. The van der Waals surface area contributed by atoms with E-state index in [1.807, 2.05) is 0 Å². The lowest BCUT2D eigenvalue weighted by Gasteiger charge is -2.55. The van der Waals surface area contributed by atoms with Crippen LogP contribution < -0.4 is 5.32 Å². The van der Waals surface area contributed by atoms with Gasteiger partial charge in [-0.3, -0.25) is 4.90 Å². The maximum absolute atomic E-state index is 5.64. The van der Waals surface area contributed by atoms with Gasteiger partial charge in [-0.15, -0.1) is 0 Å². The maximum Gasteiger partial charge on any atom is 0.0507 e. The second-order valence-electron chi connectivity index (χ2n) is 8.44. The number of rotatable bonds is 3. The minimum atomic E-state index is 0.408. The van der Waals surface area contributed by atoms with Gasteiger partial charge in [0.1, 0.15) is 0 Å². The van der Waals surface area contributed by atoms with E-state index in [0.29, 0.717) is 11.1 Å². The molecule has 2 saturated carbocycles. The van der Waals surface area contributed by atoms with Crippen molar-refractivity contribution in [2.75, 3.05) is 32.8 Å². The van der Waals surface area contributed by atoms with E-state index in [4.69, 9.17) is 4.74 Å². The van der Waals surface area contributed by atoms with E-state index in [1.165, 1.54) is 71.0 Å². The Bertz CT molecular complexity index is 369. The monoisotopic (exact) mass is 292 g/mol. The molecule has 0 aromatic rings. The van der Waals surface area contributed by atoms with E-state index >= 15 is 0 Å². The lowest BCUT2D eigenvalue weighted by atomic mass is 9.76. The van der Waals surface area contributed by atoms with Crippen LogP contribution in [0.3, 0.4) is 0 Å². The Hall–Kier alpha value is -0.120. The smallest absolute Gasteiger partial charge is 0.0507 e. The first-order valence-corrected chi connectivity index (χ1v) is 9.28. The minimum absolute atomic E-state index is 0.408. The largest absolute Gasteiger partial charge is 0.381 e. The molecule has 1 spiro atoms. The number of ether oxygens (including phenoxy) is 1. The molecular weight excluding hydrogens is 260 g/mol. The number of nitrogens with zero attached hydrogens (tertiary/aromatic N) is 1. The second kappa shape index (κ2) is 5.50. The molecule has 2 aliphatic heterocycles. The molecule has 0 bridgehead atoms. The molecule has 0 radical (unpaired) electrons. The lowest BCUT2D eigenvalue weighted by molar-refractivity contribution is -0.0218.